The molecule has 0 amide bonds. The molecule has 82 valence electrons. The molecule has 2 nitrogen and oxygen atoms in total. The zero-order chi connectivity index (χ0) is 11.3. The number of nitrogens with one attached hydrogen (secondary N) is 1. The Kier molecular flexibility index (Phi) is 4.50. The molecule has 0 unspecified atom stereocenters. The number of allylic oxidation sites excluding steroid dienone is 1. The van der Waals surface area contributed by atoms with Gasteiger partial charge in [0, 0.05) is 11.6 Å². The Morgan fingerprint density at radius 3 is 2.80 bits per heavy atom. The molecule has 15 heavy (non-hydrogen) atoms. The molecule has 0 aliphatic heterocycles. The van der Waals surface area contributed by atoms with E-state index in [1.54, 1.807) is 7.11 Å². The minimum atomic E-state index is 0.704. The predicted octanol–water partition coefficient (Wildman–Crippen LogP) is 3.73. The highest BCUT2D eigenvalue weighted by Crippen LogP contribution is 2.27. The average Bonchev–Trinajstić information content (AvgIpc) is 2.17. The smallest absolute Gasteiger partial charge is 0.142 e. The van der Waals surface area contributed by atoms with Crippen LogP contribution < -0.4 is 10.1 Å². The lowest BCUT2D eigenvalue weighted by molar-refractivity contribution is 0.416. The van der Waals surface area contributed by atoms with Gasteiger partial charge < -0.3 is 10.1 Å². The third-order valence-corrected chi connectivity index (χ3v) is 2.20. The summed E-state index contributed by atoms with van der Waals surface area (Å²) in [4.78, 5) is 0. The van der Waals surface area contributed by atoms with Crippen molar-refractivity contribution in [1.29, 1.82) is 0 Å². The van der Waals surface area contributed by atoms with Crippen molar-refractivity contribution in [3.63, 3.8) is 0 Å². The van der Waals surface area contributed by atoms with E-state index in [-0.39, 0.29) is 0 Å². The van der Waals surface area contributed by atoms with E-state index in [1.165, 1.54) is 5.57 Å². The first-order chi connectivity index (χ1) is 7.13. The highest BCUT2D eigenvalue weighted by Gasteiger charge is 2.01. The largest absolute Gasteiger partial charge is 0.495 e. The van der Waals surface area contributed by atoms with E-state index in [2.05, 4.69) is 25.2 Å². The van der Waals surface area contributed by atoms with Crippen molar-refractivity contribution in [2.24, 2.45) is 0 Å². The van der Waals surface area contributed by atoms with Crippen LogP contribution in [0.15, 0.2) is 29.8 Å². The molecule has 0 aliphatic rings. The van der Waals surface area contributed by atoms with E-state index in [9.17, 15) is 0 Å². The Hall–Kier alpha value is -1.15. The lowest BCUT2D eigenvalue weighted by atomic mass is 10.2. The molecule has 1 N–H and O–H groups in total. The van der Waals surface area contributed by atoms with Crippen molar-refractivity contribution in [3.05, 3.63) is 34.9 Å². The lowest BCUT2D eigenvalue weighted by Crippen LogP contribution is -2.00. The molecule has 0 radical (unpaired) electrons. The first-order valence-electron chi connectivity index (χ1n) is 4.84. The van der Waals surface area contributed by atoms with E-state index >= 15 is 0 Å². The molecule has 0 saturated heterocycles. The second-order valence-corrected chi connectivity index (χ2v) is 3.94. The summed E-state index contributed by atoms with van der Waals surface area (Å²) in [6, 6.07) is 5.53. The average molecular weight is 226 g/mol. The summed E-state index contributed by atoms with van der Waals surface area (Å²) >= 11 is 5.90. The van der Waals surface area contributed by atoms with Gasteiger partial charge in [0.05, 0.1) is 12.8 Å². The SMILES string of the molecule is COc1ccc(Cl)cc1NCC=C(C)C. The zero-order valence-corrected chi connectivity index (χ0v) is 10.1. The van der Waals surface area contributed by atoms with Crippen LogP contribution in [0.25, 0.3) is 0 Å². The van der Waals surface area contributed by atoms with Crippen molar-refractivity contribution in [2.45, 2.75) is 13.8 Å². The summed E-state index contributed by atoms with van der Waals surface area (Å²) in [7, 11) is 1.65. The number of hydrogen-bond donors (Lipinski definition) is 1. The molecule has 0 bridgehead atoms. The van der Waals surface area contributed by atoms with Crippen LogP contribution in [-0.4, -0.2) is 13.7 Å². The highest BCUT2D eigenvalue weighted by molar-refractivity contribution is 6.30. The van der Waals surface area contributed by atoms with Crippen LogP contribution in [0, 0.1) is 0 Å². The molecular weight excluding hydrogens is 210 g/mol. The fourth-order valence-corrected chi connectivity index (χ4v) is 1.36. The number of benzene rings is 1. The predicted molar refractivity (Wildman–Crippen MR) is 65.9 cm³/mol. The summed E-state index contributed by atoms with van der Waals surface area (Å²) in [5.74, 6) is 0.807. The molecule has 0 saturated carbocycles. The molecule has 0 fully saturated rings. The van der Waals surface area contributed by atoms with Crippen LogP contribution in [0.3, 0.4) is 0 Å². The second kappa shape index (κ2) is 5.66. The van der Waals surface area contributed by atoms with Gasteiger partial charge in [-0.25, -0.2) is 0 Å². The number of anilines is 1. The minimum absolute atomic E-state index is 0.704. The molecule has 0 spiro atoms. The van der Waals surface area contributed by atoms with Crippen LogP contribution in [0.5, 0.6) is 5.75 Å². The standard InChI is InChI=1S/C12H16ClNO/c1-9(2)6-7-14-11-8-10(13)4-5-12(11)15-3/h4-6,8,14H,7H2,1-3H3. The molecule has 0 atom stereocenters. The molecule has 1 rings (SSSR count). The van der Waals surface area contributed by atoms with Gasteiger partial charge in [-0.2, -0.15) is 0 Å². The third kappa shape index (κ3) is 3.84. The zero-order valence-electron chi connectivity index (χ0n) is 9.30. The number of hydrogen-bond acceptors (Lipinski definition) is 2. The third-order valence-electron chi connectivity index (χ3n) is 1.96. The maximum absolute atomic E-state index is 5.90. The van der Waals surface area contributed by atoms with E-state index in [1.807, 2.05) is 18.2 Å². The van der Waals surface area contributed by atoms with Gasteiger partial charge in [0.25, 0.3) is 0 Å². The first kappa shape index (κ1) is 11.9. The van der Waals surface area contributed by atoms with Gasteiger partial charge in [0.1, 0.15) is 5.75 Å². The normalized spacial score (nSPS) is 9.60. The van der Waals surface area contributed by atoms with Crippen LogP contribution in [-0.2, 0) is 0 Å². The first-order valence-corrected chi connectivity index (χ1v) is 5.22. The molecule has 1 aromatic carbocycles. The Labute approximate surface area is 95.9 Å². The fraction of sp³-hybridized carbons (Fsp3) is 0.333. The van der Waals surface area contributed by atoms with Gasteiger partial charge in [-0.3, -0.25) is 0 Å². The molecule has 0 heterocycles. The summed E-state index contributed by atoms with van der Waals surface area (Å²) in [5.41, 5.74) is 2.20. The quantitative estimate of drug-likeness (QED) is 0.789. The van der Waals surface area contributed by atoms with Crippen molar-refractivity contribution < 1.29 is 4.74 Å². The summed E-state index contributed by atoms with van der Waals surface area (Å²) in [5, 5.41) is 3.95. The number of ether oxygens (including phenoxy) is 1. The molecule has 0 aliphatic carbocycles. The monoisotopic (exact) mass is 225 g/mol. The summed E-state index contributed by atoms with van der Waals surface area (Å²) in [6.07, 6.45) is 2.11. The van der Waals surface area contributed by atoms with Gasteiger partial charge in [-0.15, -0.1) is 0 Å². The Morgan fingerprint density at radius 1 is 1.47 bits per heavy atom. The summed E-state index contributed by atoms with van der Waals surface area (Å²) in [6.45, 7) is 4.91. The van der Waals surface area contributed by atoms with Crippen LogP contribution in [0.1, 0.15) is 13.8 Å². The molecule has 3 heteroatoms. The number of rotatable bonds is 4. The molecular formula is C12H16ClNO. The van der Waals surface area contributed by atoms with Crippen LogP contribution in [0.4, 0.5) is 5.69 Å². The highest BCUT2D eigenvalue weighted by atomic mass is 35.5. The fourth-order valence-electron chi connectivity index (χ4n) is 1.18. The van der Waals surface area contributed by atoms with Gasteiger partial charge in [0.15, 0.2) is 0 Å². The lowest BCUT2D eigenvalue weighted by Gasteiger charge is -2.09. The maximum Gasteiger partial charge on any atom is 0.142 e. The second-order valence-electron chi connectivity index (χ2n) is 3.51. The van der Waals surface area contributed by atoms with Crippen molar-refractivity contribution >= 4 is 17.3 Å². The summed E-state index contributed by atoms with van der Waals surface area (Å²) < 4.78 is 5.22. The van der Waals surface area contributed by atoms with Gasteiger partial charge in [-0.1, -0.05) is 23.3 Å². The van der Waals surface area contributed by atoms with Gasteiger partial charge in [0.2, 0.25) is 0 Å². The van der Waals surface area contributed by atoms with Gasteiger partial charge in [-0.05, 0) is 32.0 Å². The van der Waals surface area contributed by atoms with Gasteiger partial charge >= 0.3 is 0 Å². The van der Waals surface area contributed by atoms with Crippen molar-refractivity contribution in [1.82, 2.24) is 0 Å². The Bertz CT molecular complexity index is 357. The van der Waals surface area contributed by atoms with Crippen molar-refractivity contribution in [2.75, 3.05) is 19.0 Å². The Morgan fingerprint density at radius 2 is 2.20 bits per heavy atom. The van der Waals surface area contributed by atoms with E-state index in [0.29, 0.717) is 5.02 Å². The van der Waals surface area contributed by atoms with E-state index in [4.69, 9.17) is 16.3 Å². The number of methoxy groups -OCH3 is 1. The topological polar surface area (TPSA) is 21.3 Å². The number of halogens is 1. The molecule has 1 aromatic rings. The van der Waals surface area contributed by atoms with Crippen LogP contribution in [0.2, 0.25) is 5.02 Å². The van der Waals surface area contributed by atoms with Crippen LogP contribution >= 0.6 is 11.6 Å². The maximum atomic E-state index is 5.90. The van der Waals surface area contributed by atoms with Crippen molar-refractivity contribution in [3.8, 4) is 5.75 Å². The van der Waals surface area contributed by atoms with E-state index < -0.39 is 0 Å². The Balaban J connectivity index is 2.74. The van der Waals surface area contributed by atoms with E-state index in [0.717, 1.165) is 18.0 Å². The minimum Gasteiger partial charge on any atom is -0.495 e. The molecule has 0 aromatic heterocycles.